The standard InChI is InChI=1S/C28H24N2O5/c1-18-14-23(19(2)29(18)15-20-8-7-13-34-20)26(31)17-35-27(32)16-30-24-11-5-3-9-21(24)28(33)22-10-4-6-12-25(22)30/h3-14H,15-17H2,1-2H3. The fourth-order valence-corrected chi connectivity index (χ4v) is 4.53. The molecule has 0 aliphatic rings. The van der Waals surface area contributed by atoms with Gasteiger partial charge in [0.1, 0.15) is 12.3 Å². The molecule has 7 nitrogen and oxygen atoms in total. The summed E-state index contributed by atoms with van der Waals surface area (Å²) in [5.74, 6) is -0.0359. The zero-order chi connectivity index (χ0) is 24.5. The Morgan fingerprint density at radius 3 is 2.17 bits per heavy atom. The molecule has 0 fully saturated rings. The van der Waals surface area contributed by atoms with Crippen LogP contribution in [-0.2, 0) is 22.6 Å². The lowest BCUT2D eigenvalue weighted by molar-refractivity contribution is -0.143. The van der Waals surface area contributed by atoms with E-state index in [0.29, 0.717) is 33.9 Å². The number of aryl methyl sites for hydroxylation is 1. The van der Waals surface area contributed by atoms with Crippen LogP contribution in [0.2, 0.25) is 0 Å². The molecule has 3 aromatic heterocycles. The van der Waals surface area contributed by atoms with Gasteiger partial charge in [-0.25, -0.2) is 0 Å². The normalized spacial score (nSPS) is 11.3. The van der Waals surface area contributed by atoms with Crippen LogP contribution in [0.5, 0.6) is 0 Å². The SMILES string of the molecule is Cc1cc(C(=O)COC(=O)Cn2c3ccccc3c(=O)c3ccccc32)c(C)n1Cc1ccco1. The third kappa shape index (κ3) is 4.17. The van der Waals surface area contributed by atoms with Crippen LogP contribution in [-0.4, -0.2) is 27.5 Å². The summed E-state index contributed by atoms with van der Waals surface area (Å²) in [4.78, 5) is 38.6. The maximum absolute atomic E-state index is 12.9. The van der Waals surface area contributed by atoms with Crippen molar-refractivity contribution >= 4 is 33.6 Å². The molecular formula is C28H24N2O5. The highest BCUT2D eigenvalue weighted by Gasteiger charge is 2.19. The Bertz CT molecular complexity index is 1560. The van der Waals surface area contributed by atoms with E-state index in [4.69, 9.17) is 9.15 Å². The van der Waals surface area contributed by atoms with E-state index in [1.807, 2.05) is 42.7 Å². The number of Topliss-reactive ketones (excluding diaryl/α,β-unsaturated/α-hetero) is 1. The van der Waals surface area contributed by atoms with Crippen LogP contribution in [0.25, 0.3) is 21.8 Å². The van der Waals surface area contributed by atoms with Crippen LogP contribution < -0.4 is 5.43 Å². The number of ketones is 1. The van der Waals surface area contributed by atoms with Crippen LogP contribution in [0.1, 0.15) is 27.5 Å². The number of aromatic nitrogens is 2. The highest BCUT2D eigenvalue weighted by molar-refractivity contribution is 5.99. The molecule has 176 valence electrons. The monoisotopic (exact) mass is 468 g/mol. The van der Waals surface area contributed by atoms with Gasteiger partial charge in [-0.2, -0.15) is 0 Å². The van der Waals surface area contributed by atoms with E-state index in [1.54, 1.807) is 53.3 Å². The van der Waals surface area contributed by atoms with E-state index in [0.717, 1.165) is 17.1 Å². The predicted molar refractivity (Wildman–Crippen MR) is 133 cm³/mol. The van der Waals surface area contributed by atoms with E-state index in [1.165, 1.54) is 0 Å². The van der Waals surface area contributed by atoms with Crippen molar-refractivity contribution in [2.45, 2.75) is 26.9 Å². The number of rotatable bonds is 7. The Hall–Kier alpha value is -4.39. The minimum absolute atomic E-state index is 0.0825. The quantitative estimate of drug-likeness (QED) is 0.197. The molecule has 5 aromatic rings. The number of furan rings is 1. The molecule has 2 aromatic carbocycles. The van der Waals surface area contributed by atoms with Gasteiger partial charge in [-0.1, -0.05) is 24.3 Å². The van der Waals surface area contributed by atoms with Crippen LogP contribution in [0.4, 0.5) is 0 Å². The van der Waals surface area contributed by atoms with Crippen molar-refractivity contribution in [1.29, 1.82) is 0 Å². The highest BCUT2D eigenvalue weighted by atomic mass is 16.5. The average Bonchev–Trinajstić information content (AvgIpc) is 3.49. The molecule has 0 radical (unpaired) electrons. The fourth-order valence-electron chi connectivity index (χ4n) is 4.53. The van der Waals surface area contributed by atoms with Gasteiger partial charge in [-0.15, -0.1) is 0 Å². The second-order valence-electron chi connectivity index (χ2n) is 8.48. The third-order valence-electron chi connectivity index (χ3n) is 6.30. The van der Waals surface area contributed by atoms with E-state index in [9.17, 15) is 14.4 Å². The minimum atomic E-state index is -0.554. The van der Waals surface area contributed by atoms with Crippen molar-refractivity contribution in [2.75, 3.05) is 6.61 Å². The van der Waals surface area contributed by atoms with E-state index in [2.05, 4.69) is 0 Å². The zero-order valence-corrected chi connectivity index (χ0v) is 19.5. The van der Waals surface area contributed by atoms with Gasteiger partial charge in [-0.05, 0) is 56.3 Å². The molecule has 3 heterocycles. The third-order valence-corrected chi connectivity index (χ3v) is 6.30. The van der Waals surface area contributed by atoms with Gasteiger partial charge < -0.3 is 18.3 Å². The lowest BCUT2D eigenvalue weighted by Crippen LogP contribution is -2.21. The fraction of sp³-hybridized carbons (Fsp3) is 0.179. The van der Waals surface area contributed by atoms with Crippen LogP contribution in [0, 0.1) is 13.8 Å². The molecule has 0 aliphatic heterocycles. The number of carbonyl (C=O) groups is 2. The Balaban J connectivity index is 1.35. The first-order valence-corrected chi connectivity index (χ1v) is 11.3. The Kier molecular flexibility index (Phi) is 5.82. The number of nitrogens with zero attached hydrogens (tertiary/aromatic N) is 2. The molecule has 0 spiro atoms. The average molecular weight is 469 g/mol. The minimum Gasteiger partial charge on any atom is -0.467 e. The van der Waals surface area contributed by atoms with E-state index in [-0.39, 0.29) is 24.4 Å². The number of fused-ring (bicyclic) bond motifs is 2. The Morgan fingerprint density at radius 2 is 1.54 bits per heavy atom. The molecule has 0 amide bonds. The van der Waals surface area contributed by atoms with Crippen LogP contribution >= 0.6 is 0 Å². The summed E-state index contributed by atoms with van der Waals surface area (Å²) in [5, 5.41) is 1.05. The second kappa shape index (κ2) is 9.10. The first kappa shape index (κ1) is 22.4. The van der Waals surface area contributed by atoms with Crippen molar-refractivity contribution in [3.63, 3.8) is 0 Å². The van der Waals surface area contributed by atoms with Gasteiger partial charge >= 0.3 is 5.97 Å². The molecule has 5 rings (SSSR count). The number of carbonyl (C=O) groups excluding carboxylic acids is 2. The first-order valence-electron chi connectivity index (χ1n) is 11.3. The lowest BCUT2D eigenvalue weighted by Gasteiger charge is -2.14. The molecule has 35 heavy (non-hydrogen) atoms. The van der Waals surface area contributed by atoms with Gasteiger partial charge in [0.15, 0.2) is 12.0 Å². The second-order valence-corrected chi connectivity index (χ2v) is 8.48. The summed E-state index contributed by atoms with van der Waals surface area (Å²) in [6, 6.07) is 19.8. The number of hydrogen-bond donors (Lipinski definition) is 0. The van der Waals surface area contributed by atoms with Gasteiger partial charge in [0, 0.05) is 27.7 Å². The van der Waals surface area contributed by atoms with E-state index >= 15 is 0 Å². The van der Waals surface area contributed by atoms with Crippen LogP contribution in [0.3, 0.4) is 0 Å². The maximum Gasteiger partial charge on any atom is 0.326 e. The number of ether oxygens (including phenoxy) is 1. The number of benzene rings is 2. The largest absolute Gasteiger partial charge is 0.467 e. The van der Waals surface area contributed by atoms with Gasteiger partial charge in [-0.3, -0.25) is 14.4 Å². The van der Waals surface area contributed by atoms with Crippen molar-refractivity contribution in [2.24, 2.45) is 0 Å². The number of esters is 1. The van der Waals surface area contributed by atoms with Gasteiger partial charge in [0.25, 0.3) is 0 Å². The molecular weight excluding hydrogens is 444 g/mol. The Morgan fingerprint density at radius 1 is 0.886 bits per heavy atom. The number of para-hydroxylation sites is 2. The number of pyridine rings is 1. The van der Waals surface area contributed by atoms with E-state index < -0.39 is 5.97 Å². The summed E-state index contributed by atoms with van der Waals surface area (Å²) < 4.78 is 14.6. The molecule has 0 aliphatic carbocycles. The van der Waals surface area contributed by atoms with Crippen LogP contribution in [0.15, 0.2) is 82.2 Å². The van der Waals surface area contributed by atoms with Gasteiger partial charge in [0.2, 0.25) is 5.78 Å². The lowest BCUT2D eigenvalue weighted by atomic mass is 10.1. The first-order chi connectivity index (χ1) is 16.9. The Labute approximate surface area is 201 Å². The predicted octanol–water partition coefficient (Wildman–Crippen LogP) is 4.64. The van der Waals surface area contributed by atoms with Crippen molar-refractivity contribution in [1.82, 2.24) is 9.13 Å². The number of hydrogen-bond acceptors (Lipinski definition) is 5. The summed E-state index contributed by atoms with van der Waals surface area (Å²) in [6.07, 6.45) is 1.62. The summed E-state index contributed by atoms with van der Waals surface area (Å²) in [5.41, 5.74) is 3.42. The summed E-state index contributed by atoms with van der Waals surface area (Å²) in [7, 11) is 0. The summed E-state index contributed by atoms with van der Waals surface area (Å²) in [6.45, 7) is 3.82. The topological polar surface area (TPSA) is 83.4 Å². The van der Waals surface area contributed by atoms with Crippen molar-refractivity contribution < 1.29 is 18.7 Å². The molecule has 0 bridgehead atoms. The molecule has 0 atom stereocenters. The maximum atomic E-state index is 12.9. The molecule has 0 N–H and O–H groups in total. The zero-order valence-electron chi connectivity index (χ0n) is 19.5. The molecule has 0 saturated carbocycles. The molecule has 7 heteroatoms. The van der Waals surface area contributed by atoms with Crippen molar-refractivity contribution in [3.8, 4) is 0 Å². The van der Waals surface area contributed by atoms with Gasteiger partial charge in [0.05, 0.1) is 23.8 Å². The smallest absolute Gasteiger partial charge is 0.326 e. The highest BCUT2D eigenvalue weighted by Crippen LogP contribution is 2.20. The van der Waals surface area contributed by atoms with Crippen molar-refractivity contribution in [3.05, 3.63) is 106 Å². The molecule has 0 saturated heterocycles. The summed E-state index contributed by atoms with van der Waals surface area (Å²) >= 11 is 0. The molecule has 0 unspecified atom stereocenters.